The Morgan fingerprint density at radius 3 is 2.50 bits per heavy atom. The number of hydrogen-bond acceptors (Lipinski definition) is 3. The van der Waals surface area contributed by atoms with E-state index in [-0.39, 0.29) is 6.42 Å². The van der Waals surface area contributed by atoms with Crippen molar-refractivity contribution in [1.82, 2.24) is 16.0 Å². The Hall–Kier alpha value is -2.08. The van der Waals surface area contributed by atoms with Crippen molar-refractivity contribution in [2.45, 2.75) is 18.9 Å². The predicted octanol–water partition coefficient (Wildman–Crippen LogP) is 0.591. The third kappa shape index (κ3) is 6.19. The van der Waals surface area contributed by atoms with Gasteiger partial charge in [-0.2, -0.15) is 0 Å². The number of urea groups is 1. The van der Waals surface area contributed by atoms with E-state index in [0.29, 0.717) is 6.54 Å². The van der Waals surface area contributed by atoms with E-state index >= 15 is 0 Å². The molecule has 1 aromatic rings. The first-order valence-corrected chi connectivity index (χ1v) is 6.59. The molecule has 1 aromatic carbocycles. The van der Waals surface area contributed by atoms with Crippen molar-refractivity contribution in [2.75, 3.05) is 20.1 Å². The molecule has 0 spiro atoms. The van der Waals surface area contributed by atoms with Crippen LogP contribution in [0.4, 0.5) is 4.79 Å². The highest BCUT2D eigenvalue weighted by Gasteiger charge is 2.19. The van der Waals surface area contributed by atoms with Gasteiger partial charge in [0.2, 0.25) is 0 Å². The molecule has 6 nitrogen and oxygen atoms in total. The van der Waals surface area contributed by atoms with Crippen molar-refractivity contribution < 1.29 is 14.7 Å². The summed E-state index contributed by atoms with van der Waals surface area (Å²) in [7, 11) is 1.83. The van der Waals surface area contributed by atoms with E-state index in [1.54, 1.807) is 0 Å². The lowest BCUT2D eigenvalue weighted by molar-refractivity contribution is -0.139. The summed E-state index contributed by atoms with van der Waals surface area (Å²) >= 11 is 0. The second-order valence-electron chi connectivity index (χ2n) is 4.44. The fraction of sp³-hybridized carbons (Fsp3) is 0.429. The molecule has 0 aliphatic carbocycles. The van der Waals surface area contributed by atoms with Gasteiger partial charge in [-0.1, -0.05) is 30.3 Å². The molecule has 0 unspecified atom stereocenters. The van der Waals surface area contributed by atoms with Gasteiger partial charge in [-0.3, -0.25) is 0 Å². The Bertz CT molecular complexity index is 423. The molecular formula is C14H21N3O3. The molecule has 0 aliphatic heterocycles. The molecule has 0 aromatic heterocycles. The van der Waals surface area contributed by atoms with Crippen molar-refractivity contribution in [3.8, 4) is 0 Å². The summed E-state index contributed by atoms with van der Waals surface area (Å²) in [6.07, 6.45) is 1.06. The molecule has 1 atom stereocenters. The summed E-state index contributed by atoms with van der Waals surface area (Å²) in [5, 5.41) is 17.2. The van der Waals surface area contributed by atoms with Crippen molar-refractivity contribution in [2.24, 2.45) is 0 Å². The zero-order chi connectivity index (χ0) is 14.8. The van der Waals surface area contributed by atoms with Crippen LogP contribution in [-0.4, -0.2) is 43.3 Å². The number of amides is 2. The van der Waals surface area contributed by atoms with Crippen LogP contribution in [0.3, 0.4) is 0 Å². The minimum atomic E-state index is -1.04. The van der Waals surface area contributed by atoms with Crippen LogP contribution < -0.4 is 16.0 Å². The van der Waals surface area contributed by atoms with Gasteiger partial charge in [0.25, 0.3) is 0 Å². The van der Waals surface area contributed by atoms with Gasteiger partial charge in [-0.15, -0.1) is 0 Å². The van der Waals surface area contributed by atoms with Gasteiger partial charge in [0, 0.05) is 13.0 Å². The van der Waals surface area contributed by atoms with E-state index in [1.807, 2.05) is 37.4 Å². The fourth-order valence-corrected chi connectivity index (χ4v) is 1.73. The van der Waals surface area contributed by atoms with Crippen LogP contribution in [0.5, 0.6) is 0 Å². The summed E-state index contributed by atoms with van der Waals surface area (Å²) in [6, 6.07) is 7.83. The average molecular weight is 279 g/mol. The van der Waals surface area contributed by atoms with E-state index < -0.39 is 18.0 Å². The molecule has 1 rings (SSSR count). The molecular weight excluding hydrogens is 258 g/mol. The molecule has 0 saturated carbocycles. The molecule has 110 valence electrons. The second kappa shape index (κ2) is 8.92. The normalized spacial score (nSPS) is 11.7. The topological polar surface area (TPSA) is 90.5 Å². The van der Waals surface area contributed by atoms with E-state index in [2.05, 4.69) is 16.0 Å². The lowest BCUT2D eigenvalue weighted by atomic mass is 10.1. The summed E-state index contributed by atoms with van der Waals surface area (Å²) in [4.78, 5) is 22.8. The molecule has 0 saturated heterocycles. The fourth-order valence-electron chi connectivity index (χ4n) is 1.73. The molecule has 4 N–H and O–H groups in total. The average Bonchev–Trinajstić information content (AvgIpc) is 2.44. The standard InChI is InChI=1S/C14H21N3O3/c1-15-8-5-9-16-14(20)17-12(13(18)19)10-11-6-3-2-4-7-11/h2-4,6-7,12,15H,5,8-10H2,1H3,(H,18,19)(H2,16,17,20)/t12-/m1/s1. The quantitative estimate of drug-likeness (QED) is 0.524. The largest absolute Gasteiger partial charge is 0.480 e. The van der Waals surface area contributed by atoms with Crippen molar-refractivity contribution in [3.63, 3.8) is 0 Å². The van der Waals surface area contributed by atoms with Crippen LogP contribution in [0.25, 0.3) is 0 Å². The van der Waals surface area contributed by atoms with E-state index in [1.165, 1.54) is 0 Å². The molecule has 0 radical (unpaired) electrons. The zero-order valence-corrected chi connectivity index (χ0v) is 11.6. The highest BCUT2D eigenvalue weighted by molar-refractivity contribution is 5.82. The van der Waals surface area contributed by atoms with Gasteiger partial charge in [-0.25, -0.2) is 9.59 Å². The monoisotopic (exact) mass is 279 g/mol. The number of carboxylic acid groups (broad SMARTS) is 1. The highest BCUT2D eigenvalue weighted by atomic mass is 16.4. The van der Waals surface area contributed by atoms with Crippen LogP contribution in [0.15, 0.2) is 30.3 Å². The van der Waals surface area contributed by atoms with Crippen molar-refractivity contribution in [3.05, 3.63) is 35.9 Å². The minimum Gasteiger partial charge on any atom is -0.480 e. The molecule has 0 fully saturated rings. The smallest absolute Gasteiger partial charge is 0.326 e. The molecule has 6 heteroatoms. The van der Waals surface area contributed by atoms with Gasteiger partial charge in [-0.05, 0) is 25.6 Å². The first kappa shape index (κ1) is 16.0. The van der Waals surface area contributed by atoms with Gasteiger partial charge >= 0.3 is 12.0 Å². The van der Waals surface area contributed by atoms with Crippen LogP contribution in [-0.2, 0) is 11.2 Å². The SMILES string of the molecule is CNCCCNC(=O)N[C@H](Cc1ccccc1)C(=O)O. The molecule has 2 amide bonds. The van der Waals surface area contributed by atoms with Gasteiger partial charge in [0.15, 0.2) is 0 Å². The number of hydrogen-bond donors (Lipinski definition) is 4. The van der Waals surface area contributed by atoms with Gasteiger partial charge in [0.1, 0.15) is 6.04 Å². The Balaban J connectivity index is 2.43. The van der Waals surface area contributed by atoms with Crippen LogP contribution in [0.1, 0.15) is 12.0 Å². The number of rotatable bonds is 8. The molecule has 20 heavy (non-hydrogen) atoms. The maximum absolute atomic E-state index is 11.6. The number of carbonyl (C=O) groups is 2. The number of nitrogens with one attached hydrogen (secondary N) is 3. The molecule has 0 aliphatic rings. The highest BCUT2D eigenvalue weighted by Crippen LogP contribution is 2.03. The Morgan fingerprint density at radius 2 is 1.90 bits per heavy atom. The van der Waals surface area contributed by atoms with E-state index in [9.17, 15) is 9.59 Å². The second-order valence-corrected chi connectivity index (χ2v) is 4.44. The number of benzene rings is 1. The summed E-state index contributed by atoms with van der Waals surface area (Å²) in [5.41, 5.74) is 0.871. The number of carboxylic acids is 1. The van der Waals surface area contributed by atoms with Crippen LogP contribution >= 0.6 is 0 Å². The molecule has 0 heterocycles. The summed E-state index contributed by atoms with van der Waals surface area (Å²) in [5.74, 6) is -1.04. The summed E-state index contributed by atoms with van der Waals surface area (Å²) < 4.78 is 0. The van der Waals surface area contributed by atoms with E-state index in [4.69, 9.17) is 5.11 Å². The van der Waals surface area contributed by atoms with Crippen LogP contribution in [0.2, 0.25) is 0 Å². The van der Waals surface area contributed by atoms with Crippen molar-refractivity contribution in [1.29, 1.82) is 0 Å². The Labute approximate surface area is 118 Å². The predicted molar refractivity (Wildman–Crippen MR) is 76.6 cm³/mol. The Kier molecular flexibility index (Phi) is 7.13. The minimum absolute atomic E-state index is 0.264. The first-order chi connectivity index (χ1) is 9.63. The molecule has 0 bridgehead atoms. The summed E-state index contributed by atoms with van der Waals surface area (Å²) in [6.45, 7) is 1.30. The third-order valence-corrected chi connectivity index (χ3v) is 2.78. The van der Waals surface area contributed by atoms with Gasteiger partial charge in [0.05, 0.1) is 0 Å². The lowest BCUT2D eigenvalue weighted by Gasteiger charge is -2.15. The van der Waals surface area contributed by atoms with Gasteiger partial charge < -0.3 is 21.1 Å². The number of carbonyl (C=O) groups excluding carboxylic acids is 1. The zero-order valence-electron chi connectivity index (χ0n) is 11.6. The lowest BCUT2D eigenvalue weighted by Crippen LogP contribution is -2.47. The third-order valence-electron chi connectivity index (χ3n) is 2.78. The van der Waals surface area contributed by atoms with E-state index in [0.717, 1.165) is 18.5 Å². The first-order valence-electron chi connectivity index (χ1n) is 6.59. The number of aliphatic carboxylic acids is 1. The van der Waals surface area contributed by atoms with Crippen LogP contribution in [0, 0.1) is 0 Å². The maximum Gasteiger partial charge on any atom is 0.326 e. The Morgan fingerprint density at radius 1 is 1.20 bits per heavy atom. The van der Waals surface area contributed by atoms with Crippen molar-refractivity contribution >= 4 is 12.0 Å². The maximum atomic E-state index is 11.6.